The van der Waals surface area contributed by atoms with Crippen LogP contribution in [0.3, 0.4) is 0 Å². The molecular formula is C33H34F3N5O3. The van der Waals surface area contributed by atoms with Crippen molar-refractivity contribution < 1.29 is 27.5 Å². The lowest BCUT2D eigenvalue weighted by atomic mass is 10.0. The molecule has 0 fully saturated rings. The number of likely N-dealkylation sites (N-methyl/N-ethyl adjacent to an activating group) is 1. The third-order valence-corrected chi connectivity index (χ3v) is 7.12. The number of nitrogens with zero attached hydrogens (tertiary/aromatic N) is 5. The van der Waals surface area contributed by atoms with Gasteiger partial charge in [-0.25, -0.2) is 0 Å². The molecular weight excluding hydrogens is 571 g/mol. The number of carbonyl (C=O) groups is 2. The molecule has 11 heteroatoms. The highest BCUT2D eigenvalue weighted by Crippen LogP contribution is 2.29. The summed E-state index contributed by atoms with van der Waals surface area (Å²) in [5, 5.41) is 4.22. The quantitative estimate of drug-likeness (QED) is 0.206. The molecule has 4 rings (SSSR count). The number of benzene rings is 2. The lowest BCUT2D eigenvalue weighted by molar-refractivity contribution is -0.143. The molecule has 1 unspecified atom stereocenters. The summed E-state index contributed by atoms with van der Waals surface area (Å²) in [5.74, 6) is -0.749. The van der Waals surface area contributed by atoms with Gasteiger partial charge in [-0.1, -0.05) is 36.4 Å². The van der Waals surface area contributed by atoms with Gasteiger partial charge in [0.15, 0.2) is 0 Å². The predicted molar refractivity (Wildman–Crippen MR) is 161 cm³/mol. The van der Waals surface area contributed by atoms with Crippen LogP contribution in [0.1, 0.15) is 22.3 Å². The Labute approximate surface area is 254 Å². The summed E-state index contributed by atoms with van der Waals surface area (Å²) in [6.45, 7) is 0.755. The number of amides is 2. The van der Waals surface area contributed by atoms with E-state index in [1.165, 1.54) is 34.1 Å². The van der Waals surface area contributed by atoms with Crippen molar-refractivity contribution in [3.63, 3.8) is 0 Å². The normalized spacial score (nSPS) is 12.3. The van der Waals surface area contributed by atoms with Gasteiger partial charge in [0.05, 0.1) is 18.4 Å². The van der Waals surface area contributed by atoms with Gasteiger partial charge in [0.1, 0.15) is 6.04 Å². The number of aromatic nitrogens is 3. The second-order valence-electron chi connectivity index (χ2n) is 10.3. The minimum atomic E-state index is -4.46. The van der Waals surface area contributed by atoms with Crippen LogP contribution in [0.25, 0.3) is 17.2 Å². The Hall–Kier alpha value is -4.77. The van der Waals surface area contributed by atoms with Crippen molar-refractivity contribution in [1.29, 1.82) is 0 Å². The molecule has 0 saturated carbocycles. The van der Waals surface area contributed by atoms with Gasteiger partial charge in [-0.2, -0.15) is 18.3 Å². The van der Waals surface area contributed by atoms with Crippen LogP contribution < -0.4 is 0 Å². The molecule has 2 aromatic heterocycles. The Morgan fingerprint density at radius 1 is 0.977 bits per heavy atom. The van der Waals surface area contributed by atoms with E-state index in [0.29, 0.717) is 18.7 Å². The Kier molecular flexibility index (Phi) is 10.7. The fourth-order valence-corrected chi connectivity index (χ4v) is 4.66. The van der Waals surface area contributed by atoms with E-state index in [2.05, 4.69) is 10.1 Å². The molecule has 2 amide bonds. The van der Waals surface area contributed by atoms with Crippen molar-refractivity contribution in [2.45, 2.75) is 25.2 Å². The van der Waals surface area contributed by atoms with Crippen LogP contribution in [0.4, 0.5) is 13.2 Å². The van der Waals surface area contributed by atoms with Crippen LogP contribution in [-0.4, -0.2) is 69.7 Å². The van der Waals surface area contributed by atoms with Crippen LogP contribution in [0.15, 0.2) is 91.5 Å². The summed E-state index contributed by atoms with van der Waals surface area (Å²) in [6.07, 6.45) is 5.34. The molecule has 0 aliphatic rings. The van der Waals surface area contributed by atoms with Crippen molar-refractivity contribution in [2.75, 3.05) is 27.3 Å². The molecule has 0 aliphatic heterocycles. The third kappa shape index (κ3) is 8.63. The summed E-state index contributed by atoms with van der Waals surface area (Å²) in [7, 11) is 4.97. The highest BCUT2D eigenvalue weighted by Gasteiger charge is 2.32. The number of methoxy groups -OCH3 is 1. The highest BCUT2D eigenvalue weighted by molar-refractivity contribution is 5.95. The average molecular weight is 606 g/mol. The van der Waals surface area contributed by atoms with E-state index in [1.807, 2.05) is 36.4 Å². The van der Waals surface area contributed by atoms with E-state index in [-0.39, 0.29) is 18.9 Å². The van der Waals surface area contributed by atoms with E-state index in [0.717, 1.165) is 34.4 Å². The molecule has 0 radical (unpaired) electrons. The van der Waals surface area contributed by atoms with Crippen LogP contribution in [0, 0.1) is 0 Å². The van der Waals surface area contributed by atoms with Crippen LogP contribution >= 0.6 is 0 Å². The van der Waals surface area contributed by atoms with Gasteiger partial charge in [0, 0.05) is 65.4 Å². The second-order valence-corrected chi connectivity index (χ2v) is 10.3. The smallest absolute Gasteiger partial charge is 0.383 e. The second kappa shape index (κ2) is 14.6. The predicted octanol–water partition coefficient (Wildman–Crippen LogP) is 5.26. The number of rotatable bonds is 12. The number of ether oxygens (including phenoxy) is 1. The van der Waals surface area contributed by atoms with E-state index < -0.39 is 23.7 Å². The number of hydrogen-bond donors (Lipinski definition) is 0. The van der Waals surface area contributed by atoms with Gasteiger partial charge < -0.3 is 14.5 Å². The van der Waals surface area contributed by atoms with Gasteiger partial charge in [-0.3, -0.25) is 19.3 Å². The van der Waals surface area contributed by atoms with Gasteiger partial charge in [-0.05, 0) is 58.2 Å². The maximum absolute atomic E-state index is 13.9. The molecule has 4 aromatic rings. The number of pyridine rings is 1. The van der Waals surface area contributed by atoms with Gasteiger partial charge in [0.2, 0.25) is 11.8 Å². The SMILES string of the molecule is COCCN(C)C(=O)C(Cc1cnn(C)c1)N(Cc1ccc(-c2ccncc2)cc1)C(=O)/C=C/c1ccc(C(F)(F)F)cc1. The number of carbonyl (C=O) groups excluding carboxylic acids is 2. The fraction of sp³-hybridized carbons (Fsp3) is 0.273. The first-order chi connectivity index (χ1) is 21.0. The van der Waals surface area contributed by atoms with Gasteiger partial charge in [-0.15, -0.1) is 0 Å². The van der Waals surface area contributed by atoms with Crippen LogP contribution in [0.2, 0.25) is 0 Å². The summed E-state index contributed by atoms with van der Waals surface area (Å²) in [6, 6.07) is 15.1. The molecule has 0 spiro atoms. The standard InChI is InChI=1S/C33H34F3N5O3/c1-39(18-19-44-3)32(43)30(20-26-21-38-40(2)22-26)41(23-25-4-9-27(10-5-25)28-14-16-37-17-15-28)31(42)13-8-24-6-11-29(12-7-24)33(34,35)36/h4-17,21-22,30H,18-20,23H2,1-3H3/b13-8+. The number of alkyl halides is 3. The summed E-state index contributed by atoms with van der Waals surface area (Å²) in [5.41, 5.74) is 3.16. The number of hydrogen-bond acceptors (Lipinski definition) is 5. The molecule has 44 heavy (non-hydrogen) atoms. The first-order valence-electron chi connectivity index (χ1n) is 13.9. The molecule has 0 N–H and O–H groups in total. The van der Waals surface area contributed by atoms with Gasteiger partial charge >= 0.3 is 6.18 Å². The van der Waals surface area contributed by atoms with Crippen molar-refractivity contribution in [2.24, 2.45) is 7.05 Å². The monoisotopic (exact) mass is 605 g/mol. The zero-order valence-corrected chi connectivity index (χ0v) is 24.7. The lowest BCUT2D eigenvalue weighted by Crippen LogP contribution is -2.51. The van der Waals surface area contributed by atoms with E-state index in [1.54, 1.807) is 50.7 Å². The summed E-state index contributed by atoms with van der Waals surface area (Å²) >= 11 is 0. The van der Waals surface area contributed by atoms with Crippen molar-refractivity contribution in [3.8, 4) is 11.1 Å². The van der Waals surface area contributed by atoms with Crippen molar-refractivity contribution >= 4 is 17.9 Å². The maximum Gasteiger partial charge on any atom is 0.416 e. The topological polar surface area (TPSA) is 80.6 Å². The summed E-state index contributed by atoms with van der Waals surface area (Å²) < 4.78 is 45.9. The molecule has 0 aliphatic carbocycles. The van der Waals surface area contributed by atoms with E-state index in [4.69, 9.17) is 4.74 Å². The van der Waals surface area contributed by atoms with E-state index >= 15 is 0 Å². The number of aryl methyl sites for hydroxylation is 1. The summed E-state index contributed by atoms with van der Waals surface area (Å²) in [4.78, 5) is 34.8. The largest absolute Gasteiger partial charge is 0.416 e. The Bertz CT molecular complexity index is 1550. The molecule has 2 aromatic carbocycles. The Morgan fingerprint density at radius 3 is 2.23 bits per heavy atom. The highest BCUT2D eigenvalue weighted by atomic mass is 19.4. The minimum Gasteiger partial charge on any atom is -0.383 e. The molecule has 230 valence electrons. The first-order valence-corrected chi connectivity index (χ1v) is 13.9. The third-order valence-electron chi connectivity index (χ3n) is 7.12. The molecule has 8 nitrogen and oxygen atoms in total. The van der Waals surface area contributed by atoms with E-state index in [9.17, 15) is 22.8 Å². The zero-order chi connectivity index (χ0) is 31.7. The molecule has 2 heterocycles. The zero-order valence-electron chi connectivity index (χ0n) is 24.7. The molecule has 1 atom stereocenters. The van der Waals surface area contributed by atoms with Crippen LogP contribution in [-0.2, 0) is 40.5 Å². The number of halogens is 3. The van der Waals surface area contributed by atoms with Crippen LogP contribution in [0.5, 0.6) is 0 Å². The van der Waals surface area contributed by atoms with Crippen molar-refractivity contribution in [3.05, 3.63) is 114 Å². The first kappa shape index (κ1) is 32.2. The lowest BCUT2D eigenvalue weighted by Gasteiger charge is -2.33. The fourth-order valence-electron chi connectivity index (χ4n) is 4.66. The Balaban J connectivity index is 1.67. The van der Waals surface area contributed by atoms with Crippen molar-refractivity contribution in [1.82, 2.24) is 24.6 Å². The maximum atomic E-state index is 13.9. The van der Waals surface area contributed by atoms with Gasteiger partial charge in [0.25, 0.3) is 0 Å². The Morgan fingerprint density at radius 2 is 1.64 bits per heavy atom. The molecule has 0 bridgehead atoms. The minimum absolute atomic E-state index is 0.113. The average Bonchev–Trinajstić information content (AvgIpc) is 3.44. The molecule has 0 saturated heterocycles.